The second kappa shape index (κ2) is 9.55. The van der Waals surface area contributed by atoms with E-state index in [0.29, 0.717) is 18.4 Å². The van der Waals surface area contributed by atoms with Gasteiger partial charge in [-0.2, -0.15) is 0 Å². The van der Waals surface area contributed by atoms with Crippen molar-refractivity contribution in [3.05, 3.63) is 65.2 Å². The number of likely N-dealkylation sites (N-methyl/N-ethyl adjacent to an activating group) is 1. The van der Waals surface area contributed by atoms with E-state index in [1.807, 2.05) is 6.07 Å². The van der Waals surface area contributed by atoms with E-state index in [0.717, 1.165) is 25.3 Å². The minimum absolute atomic E-state index is 0.0745. The molecule has 4 heteroatoms. The summed E-state index contributed by atoms with van der Waals surface area (Å²) in [6, 6.07) is 17.1. The fourth-order valence-electron chi connectivity index (χ4n) is 4.20. The minimum Gasteiger partial charge on any atom is -0.324 e. The SMILES string of the molecule is CC(C)c1cccc(C(C)C)c1NC(=O)CN1CCN(C)CC1c1ccccc1. The summed E-state index contributed by atoms with van der Waals surface area (Å²) in [5.41, 5.74) is 4.70. The molecule has 1 aliphatic heterocycles. The maximum atomic E-state index is 13.1. The summed E-state index contributed by atoms with van der Waals surface area (Å²) in [5, 5.41) is 3.28. The van der Waals surface area contributed by atoms with Crippen LogP contribution in [0.3, 0.4) is 0 Å². The second-order valence-electron chi connectivity index (χ2n) is 8.83. The Bertz CT molecular complexity index is 790. The molecule has 0 radical (unpaired) electrons. The Labute approximate surface area is 175 Å². The molecular weight excluding hydrogens is 358 g/mol. The van der Waals surface area contributed by atoms with E-state index < -0.39 is 0 Å². The number of anilines is 1. The summed E-state index contributed by atoms with van der Waals surface area (Å²) in [7, 11) is 2.15. The second-order valence-corrected chi connectivity index (χ2v) is 8.83. The topological polar surface area (TPSA) is 35.6 Å². The Kier molecular flexibility index (Phi) is 7.09. The number of carbonyl (C=O) groups is 1. The molecule has 1 aliphatic rings. The van der Waals surface area contributed by atoms with Crippen molar-refractivity contribution in [1.29, 1.82) is 0 Å². The Balaban J connectivity index is 1.80. The van der Waals surface area contributed by atoms with Gasteiger partial charge in [-0.1, -0.05) is 76.2 Å². The highest BCUT2D eigenvalue weighted by Gasteiger charge is 2.28. The van der Waals surface area contributed by atoms with E-state index in [9.17, 15) is 4.79 Å². The van der Waals surface area contributed by atoms with E-state index in [4.69, 9.17) is 0 Å². The summed E-state index contributed by atoms with van der Waals surface area (Å²) in [4.78, 5) is 17.8. The van der Waals surface area contributed by atoms with Crippen LogP contribution in [0.1, 0.15) is 62.3 Å². The maximum absolute atomic E-state index is 13.1. The van der Waals surface area contributed by atoms with Gasteiger partial charge in [0.1, 0.15) is 0 Å². The lowest BCUT2D eigenvalue weighted by molar-refractivity contribution is -0.118. The van der Waals surface area contributed by atoms with Gasteiger partial charge in [0.15, 0.2) is 0 Å². The molecule has 1 heterocycles. The van der Waals surface area contributed by atoms with Crippen LogP contribution in [0, 0.1) is 0 Å². The Morgan fingerprint density at radius 3 is 2.17 bits per heavy atom. The predicted molar refractivity (Wildman–Crippen MR) is 122 cm³/mol. The van der Waals surface area contributed by atoms with Gasteiger partial charge in [0.2, 0.25) is 5.91 Å². The van der Waals surface area contributed by atoms with Gasteiger partial charge in [0, 0.05) is 31.4 Å². The third-order valence-corrected chi connectivity index (χ3v) is 5.86. The van der Waals surface area contributed by atoms with Crippen molar-refractivity contribution in [2.75, 3.05) is 38.5 Å². The summed E-state index contributed by atoms with van der Waals surface area (Å²) < 4.78 is 0. The number of nitrogens with one attached hydrogen (secondary N) is 1. The lowest BCUT2D eigenvalue weighted by Gasteiger charge is -2.40. The van der Waals surface area contributed by atoms with Crippen molar-refractivity contribution in [2.45, 2.75) is 45.6 Å². The molecule has 3 rings (SSSR count). The molecule has 2 aromatic rings. The van der Waals surface area contributed by atoms with Crippen LogP contribution in [-0.2, 0) is 4.79 Å². The van der Waals surface area contributed by atoms with E-state index >= 15 is 0 Å². The zero-order valence-electron chi connectivity index (χ0n) is 18.5. The first kappa shape index (κ1) is 21.5. The van der Waals surface area contributed by atoms with Gasteiger partial charge in [-0.05, 0) is 35.6 Å². The summed E-state index contributed by atoms with van der Waals surface area (Å²) in [5.74, 6) is 0.805. The van der Waals surface area contributed by atoms with E-state index in [-0.39, 0.29) is 11.9 Å². The molecule has 0 saturated carbocycles. The maximum Gasteiger partial charge on any atom is 0.238 e. The standard InChI is InChI=1S/C25H35N3O/c1-18(2)21-12-9-13-22(19(3)4)25(21)26-24(29)17-28-15-14-27(5)16-23(28)20-10-7-6-8-11-20/h6-13,18-19,23H,14-17H2,1-5H3,(H,26,29). The fourth-order valence-corrected chi connectivity index (χ4v) is 4.20. The van der Waals surface area contributed by atoms with Gasteiger partial charge in [0.25, 0.3) is 0 Å². The van der Waals surface area contributed by atoms with Gasteiger partial charge < -0.3 is 10.2 Å². The quantitative estimate of drug-likeness (QED) is 0.761. The average molecular weight is 394 g/mol. The first-order chi connectivity index (χ1) is 13.9. The van der Waals surface area contributed by atoms with Crippen LogP contribution < -0.4 is 5.32 Å². The molecule has 156 valence electrons. The minimum atomic E-state index is 0.0745. The van der Waals surface area contributed by atoms with Crippen molar-refractivity contribution >= 4 is 11.6 Å². The van der Waals surface area contributed by atoms with Gasteiger partial charge in [0.05, 0.1) is 6.54 Å². The third kappa shape index (κ3) is 5.26. The number of hydrogen-bond acceptors (Lipinski definition) is 3. The number of para-hydroxylation sites is 1. The molecule has 0 aliphatic carbocycles. The van der Waals surface area contributed by atoms with E-state index in [1.54, 1.807) is 0 Å². The van der Waals surface area contributed by atoms with Crippen LogP contribution in [0.4, 0.5) is 5.69 Å². The molecule has 1 N–H and O–H groups in total. The first-order valence-corrected chi connectivity index (χ1v) is 10.8. The number of amides is 1. The molecule has 1 unspecified atom stereocenters. The Morgan fingerprint density at radius 2 is 1.59 bits per heavy atom. The summed E-state index contributed by atoms with van der Waals surface area (Å²) in [6.07, 6.45) is 0. The smallest absolute Gasteiger partial charge is 0.238 e. The van der Waals surface area contributed by atoms with Crippen molar-refractivity contribution < 1.29 is 4.79 Å². The number of hydrogen-bond donors (Lipinski definition) is 1. The zero-order chi connectivity index (χ0) is 21.0. The lowest BCUT2D eigenvalue weighted by Crippen LogP contribution is -2.49. The molecule has 1 amide bonds. The van der Waals surface area contributed by atoms with Gasteiger partial charge >= 0.3 is 0 Å². The largest absolute Gasteiger partial charge is 0.324 e. The van der Waals surface area contributed by atoms with Gasteiger partial charge in [-0.15, -0.1) is 0 Å². The van der Waals surface area contributed by atoms with Gasteiger partial charge in [-0.25, -0.2) is 0 Å². The molecule has 4 nitrogen and oxygen atoms in total. The molecule has 0 aromatic heterocycles. The monoisotopic (exact) mass is 393 g/mol. The number of piperazine rings is 1. The highest BCUT2D eigenvalue weighted by atomic mass is 16.2. The van der Waals surface area contributed by atoms with Crippen molar-refractivity contribution in [1.82, 2.24) is 9.80 Å². The van der Waals surface area contributed by atoms with Crippen LogP contribution in [0.5, 0.6) is 0 Å². The number of nitrogens with zero attached hydrogens (tertiary/aromatic N) is 2. The van der Waals surface area contributed by atoms with Crippen LogP contribution in [0.15, 0.2) is 48.5 Å². The zero-order valence-corrected chi connectivity index (χ0v) is 18.5. The summed E-state index contributed by atoms with van der Waals surface area (Å²) in [6.45, 7) is 12.0. The molecule has 29 heavy (non-hydrogen) atoms. The van der Waals surface area contributed by atoms with Crippen LogP contribution in [0.2, 0.25) is 0 Å². The molecule has 2 aromatic carbocycles. The highest BCUT2D eigenvalue weighted by Crippen LogP contribution is 2.32. The number of benzene rings is 2. The molecule has 0 spiro atoms. The summed E-state index contributed by atoms with van der Waals surface area (Å²) >= 11 is 0. The highest BCUT2D eigenvalue weighted by molar-refractivity contribution is 5.94. The van der Waals surface area contributed by atoms with E-state index in [2.05, 4.69) is 92.3 Å². The van der Waals surface area contributed by atoms with Crippen molar-refractivity contribution in [2.24, 2.45) is 0 Å². The van der Waals surface area contributed by atoms with Crippen LogP contribution in [0.25, 0.3) is 0 Å². The number of carbonyl (C=O) groups excluding carboxylic acids is 1. The lowest BCUT2D eigenvalue weighted by atomic mass is 9.92. The molecule has 1 saturated heterocycles. The van der Waals surface area contributed by atoms with Crippen molar-refractivity contribution in [3.63, 3.8) is 0 Å². The normalized spacial score (nSPS) is 18.4. The first-order valence-electron chi connectivity index (χ1n) is 10.8. The van der Waals surface area contributed by atoms with Crippen LogP contribution >= 0.6 is 0 Å². The fraction of sp³-hybridized carbons (Fsp3) is 0.480. The molecule has 0 bridgehead atoms. The molecule has 1 atom stereocenters. The molecular formula is C25H35N3O. The Hall–Kier alpha value is -2.17. The molecule has 1 fully saturated rings. The van der Waals surface area contributed by atoms with Crippen molar-refractivity contribution in [3.8, 4) is 0 Å². The van der Waals surface area contributed by atoms with E-state index in [1.165, 1.54) is 16.7 Å². The van der Waals surface area contributed by atoms with Gasteiger partial charge in [-0.3, -0.25) is 9.69 Å². The number of rotatable bonds is 6. The third-order valence-electron chi connectivity index (χ3n) is 5.86. The Morgan fingerprint density at radius 1 is 0.966 bits per heavy atom. The predicted octanol–water partition coefficient (Wildman–Crippen LogP) is 4.86. The van der Waals surface area contributed by atoms with Crippen LogP contribution in [-0.4, -0.2) is 48.9 Å². The average Bonchev–Trinajstić information content (AvgIpc) is 2.69.